The largest absolute Gasteiger partial charge is 0.476 e. The Morgan fingerprint density at radius 1 is 1.08 bits per heavy atom. The maximum atomic E-state index is 6.30. The molecule has 1 unspecified atom stereocenters. The second-order valence-corrected chi connectivity index (χ2v) is 7.96. The Kier molecular flexibility index (Phi) is 5.63. The number of piperidine rings is 2. The van der Waals surface area contributed by atoms with Crippen LogP contribution in [0.3, 0.4) is 0 Å². The summed E-state index contributed by atoms with van der Waals surface area (Å²) >= 11 is 0. The van der Waals surface area contributed by atoms with Crippen LogP contribution in [0.15, 0.2) is 23.6 Å². The van der Waals surface area contributed by atoms with Crippen LogP contribution in [0.5, 0.6) is 0 Å². The summed E-state index contributed by atoms with van der Waals surface area (Å²) in [5, 5.41) is 3.63. The average molecular weight is 348 g/mol. The molecule has 4 aliphatic rings. The van der Waals surface area contributed by atoms with E-state index in [4.69, 9.17) is 9.47 Å². The lowest BCUT2D eigenvalue weighted by Gasteiger charge is -2.42. The summed E-state index contributed by atoms with van der Waals surface area (Å²) in [6.07, 6.45) is 12.5. The zero-order chi connectivity index (χ0) is 17.1. The average Bonchev–Trinajstić information content (AvgIpc) is 2.60. The van der Waals surface area contributed by atoms with Gasteiger partial charge in [0.05, 0.1) is 12.6 Å². The van der Waals surface area contributed by atoms with Crippen LogP contribution in [-0.2, 0) is 9.47 Å². The minimum absolute atomic E-state index is 0.381. The lowest BCUT2D eigenvalue weighted by Crippen LogP contribution is -2.48. The molecule has 140 valence electrons. The Balaban J connectivity index is 1.25. The number of nitrogens with zero attached hydrogens (tertiary/aromatic N) is 2. The predicted molar refractivity (Wildman–Crippen MR) is 99.3 cm³/mol. The van der Waals surface area contributed by atoms with E-state index in [9.17, 15) is 0 Å². The van der Waals surface area contributed by atoms with Crippen molar-refractivity contribution >= 4 is 0 Å². The van der Waals surface area contributed by atoms with E-state index in [2.05, 4.69) is 27.3 Å². The lowest BCUT2D eigenvalue weighted by atomic mass is 9.90. The fraction of sp³-hybridized carbons (Fsp3) is 0.800. The van der Waals surface area contributed by atoms with E-state index in [1.165, 1.54) is 50.8 Å². The van der Waals surface area contributed by atoms with Gasteiger partial charge in [-0.15, -0.1) is 0 Å². The van der Waals surface area contributed by atoms with E-state index in [-0.39, 0.29) is 0 Å². The van der Waals surface area contributed by atoms with Crippen LogP contribution in [0.2, 0.25) is 0 Å². The number of ether oxygens (including phenoxy) is 2. The van der Waals surface area contributed by atoms with E-state index >= 15 is 0 Å². The molecular formula is C20H33N3O2. The summed E-state index contributed by atoms with van der Waals surface area (Å²) in [6, 6.07) is 1.33. The molecule has 0 spiro atoms. The van der Waals surface area contributed by atoms with E-state index in [0.29, 0.717) is 12.1 Å². The van der Waals surface area contributed by atoms with Gasteiger partial charge in [0.25, 0.3) is 0 Å². The van der Waals surface area contributed by atoms with Crippen molar-refractivity contribution in [2.45, 2.75) is 56.7 Å². The topological polar surface area (TPSA) is 37.0 Å². The van der Waals surface area contributed by atoms with E-state index < -0.39 is 0 Å². The summed E-state index contributed by atoms with van der Waals surface area (Å²) in [6.45, 7) is 6.43. The lowest BCUT2D eigenvalue weighted by molar-refractivity contribution is 0.0116. The number of hydrogen-bond acceptors (Lipinski definition) is 5. The maximum Gasteiger partial charge on any atom is 0.187 e. The molecule has 25 heavy (non-hydrogen) atoms. The van der Waals surface area contributed by atoms with E-state index in [0.717, 1.165) is 44.6 Å². The van der Waals surface area contributed by atoms with Crippen molar-refractivity contribution in [3.63, 3.8) is 0 Å². The second-order valence-electron chi connectivity index (χ2n) is 7.96. The second kappa shape index (κ2) is 8.11. The van der Waals surface area contributed by atoms with Gasteiger partial charge in [-0.1, -0.05) is 12.5 Å². The molecule has 1 aliphatic carbocycles. The molecule has 3 heterocycles. The number of dihydropyridines is 1. The molecule has 0 aromatic rings. The first kappa shape index (κ1) is 17.4. The van der Waals surface area contributed by atoms with Crippen molar-refractivity contribution in [3.05, 3.63) is 23.6 Å². The monoisotopic (exact) mass is 347 g/mol. The third kappa shape index (κ3) is 4.21. The Morgan fingerprint density at radius 3 is 2.64 bits per heavy atom. The van der Waals surface area contributed by atoms with Gasteiger partial charge in [-0.2, -0.15) is 0 Å². The van der Waals surface area contributed by atoms with Gasteiger partial charge in [-0.05, 0) is 43.8 Å². The van der Waals surface area contributed by atoms with Crippen molar-refractivity contribution in [1.82, 2.24) is 15.1 Å². The van der Waals surface area contributed by atoms with Crippen LogP contribution in [0.1, 0.15) is 38.5 Å². The fourth-order valence-electron chi connectivity index (χ4n) is 4.46. The third-order valence-electron chi connectivity index (χ3n) is 6.33. The molecule has 0 aromatic heterocycles. The van der Waals surface area contributed by atoms with Crippen LogP contribution >= 0.6 is 0 Å². The number of fused-ring (bicyclic) bond motifs is 1. The summed E-state index contributed by atoms with van der Waals surface area (Å²) in [4.78, 5) is 5.16. The first-order valence-corrected chi connectivity index (χ1v) is 10.1. The molecular weight excluding hydrogens is 314 g/mol. The molecule has 3 aliphatic heterocycles. The first-order chi connectivity index (χ1) is 12.3. The SMILES string of the molecule is COCCN1CCC2NC(OC3CCN(C4CCC4)CC3)=CC=C2C1. The number of nitrogens with one attached hydrogen (secondary N) is 1. The van der Waals surface area contributed by atoms with Crippen LogP contribution in [0.25, 0.3) is 0 Å². The van der Waals surface area contributed by atoms with Crippen LogP contribution in [0.4, 0.5) is 0 Å². The molecule has 2 saturated heterocycles. The van der Waals surface area contributed by atoms with Crippen molar-refractivity contribution in [3.8, 4) is 0 Å². The van der Waals surface area contributed by atoms with Gasteiger partial charge in [0, 0.05) is 45.9 Å². The van der Waals surface area contributed by atoms with Gasteiger partial charge in [-0.25, -0.2) is 0 Å². The zero-order valence-electron chi connectivity index (χ0n) is 15.6. The highest BCUT2D eigenvalue weighted by atomic mass is 16.5. The van der Waals surface area contributed by atoms with Crippen molar-refractivity contribution in [1.29, 1.82) is 0 Å². The molecule has 1 saturated carbocycles. The Labute approximate surface area is 152 Å². The van der Waals surface area contributed by atoms with E-state index in [1.807, 2.05) is 0 Å². The fourth-order valence-corrected chi connectivity index (χ4v) is 4.46. The molecule has 3 fully saturated rings. The Bertz CT molecular complexity index is 507. The summed E-state index contributed by atoms with van der Waals surface area (Å²) < 4.78 is 11.5. The van der Waals surface area contributed by atoms with Crippen LogP contribution < -0.4 is 5.32 Å². The highest BCUT2D eigenvalue weighted by Gasteiger charge is 2.31. The summed E-state index contributed by atoms with van der Waals surface area (Å²) in [7, 11) is 1.78. The minimum atomic E-state index is 0.381. The highest BCUT2D eigenvalue weighted by molar-refractivity contribution is 5.28. The van der Waals surface area contributed by atoms with Crippen molar-refractivity contribution in [2.75, 3.05) is 46.4 Å². The van der Waals surface area contributed by atoms with Crippen molar-refractivity contribution in [2.24, 2.45) is 0 Å². The standard InChI is InChI=1S/C20H33N3O2/c1-24-14-13-22-10-9-19-16(15-22)5-6-20(21-19)25-18-7-11-23(12-8-18)17-3-2-4-17/h5-6,17-19,21H,2-4,7-15H2,1H3. The molecule has 5 nitrogen and oxygen atoms in total. The van der Waals surface area contributed by atoms with Crippen LogP contribution in [-0.4, -0.2) is 74.4 Å². The number of allylic oxidation sites excluding steroid dienone is 2. The molecule has 0 radical (unpaired) electrons. The Morgan fingerprint density at radius 2 is 1.92 bits per heavy atom. The first-order valence-electron chi connectivity index (χ1n) is 10.1. The smallest absolute Gasteiger partial charge is 0.187 e. The summed E-state index contributed by atoms with van der Waals surface area (Å²) in [5.74, 6) is 0.987. The molecule has 0 aromatic carbocycles. The number of rotatable bonds is 6. The molecule has 5 heteroatoms. The zero-order valence-corrected chi connectivity index (χ0v) is 15.6. The highest BCUT2D eigenvalue weighted by Crippen LogP contribution is 2.29. The van der Waals surface area contributed by atoms with Crippen LogP contribution in [0, 0.1) is 0 Å². The van der Waals surface area contributed by atoms with Gasteiger partial charge in [0.15, 0.2) is 5.88 Å². The van der Waals surface area contributed by atoms with E-state index in [1.54, 1.807) is 7.11 Å². The summed E-state index contributed by atoms with van der Waals surface area (Å²) in [5.41, 5.74) is 1.48. The molecule has 1 atom stereocenters. The molecule has 0 bridgehead atoms. The molecule has 4 rings (SSSR count). The van der Waals surface area contributed by atoms with Crippen molar-refractivity contribution < 1.29 is 9.47 Å². The Hall–Kier alpha value is -1.04. The van der Waals surface area contributed by atoms with Gasteiger partial charge in [0.1, 0.15) is 6.10 Å². The third-order valence-corrected chi connectivity index (χ3v) is 6.33. The minimum Gasteiger partial charge on any atom is -0.476 e. The number of hydrogen-bond donors (Lipinski definition) is 1. The van der Waals surface area contributed by atoms with Gasteiger partial charge >= 0.3 is 0 Å². The normalized spacial score (nSPS) is 29.2. The van der Waals surface area contributed by atoms with Gasteiger partial charge in [-0.3, -0.25) is 4.90 Å². The maximum absolute atomic E-state index is 6.30. The molecule has 1 N–H and O–H groups in total. The number of methoxy groups -OCH3 is 1. The quantitative estimate of drug-likeness (QED) is 0.796. The van der Waals surface area contributed by atoms with Gasteiger partial charge < -0.3 is 19.7 Å². The van der Waals surface area contributed by atoms with Gasteiger partial charge in [0.2, 0.25) is 0 Å². The number of likely N-dealkylation sites (tertiary alicyclic amines) is 2. The predicted octanol–water partition coefficient (Wildman–Crippen LogP) is 2.11. The molecule has 0 amide bonds.